The monoisotopic (exact) mass is 305 g/mol. The number of nitrogens with one attached hydrogen (secondary N) is 1. The van der Waals surface area contributed by atoms with Crippen molar-refractivity contribution in [2.45, 2.75) is 16.8 Å². The van der Waals surface area contributed by atoms with Crippen LogP contribution >= 0.6 is 11.3 Å². The largest absolute Gasteiger partial charge is 0.227 e. The maximum Gasteiger partial charge on any atom is 0.227 e. The van der Waals surface area contributed by atoms with Crippen molar-refractivity contribution >= 4 is 21.2 Å². The Bertz CT molecular complexity index is 835. The molecule has 20 heavy (non-hydrogen) atoms. The van der Waals surface area contributed by atoms with Crippen molar-refractivity contribution in [3.63, 3.8) is 0 Å². The molecule has 0 bridgehead atoms. The highest BCUT2D eigenvalue weighted by Crippen LogP contribution is 2.31. The molecule has 7 heteroatoms. The first-order valence-corrected chi connectivity index (χ1v) is 8.22. The first kappa shape index (κ1) is 13.0. The highest BCUT2D eigenvalue weighted by molar-refractivity contribution is 7.91. The van der Waals surface area contributed by atoms with E-state index in [1.165, 1.54) is 11.3 Å². The van der Waals surface area contributed by atoms with E-state index in [0.717, 1.165) is 10.4 Å². The molecule has 0 spiro atoms. The summed E-state index contributed by atoms with van der Waals surface area (Å²) in [5.74, 6) is 0. The van der Waals surface area contributed by atoms with E-state index in [4.69, 9.17) is 0 Å². The number of H-pyrrole nitrogens is 1. The van der Waals surface area contributed by atoms with Crippen molar-refractivity contribution in [3.05, 3.63) is 47.3 Å². The average Bonchev–Trinajstić information content (AvgIpc) is 3.08. The molecule has 0 saturated carbocycles. The van der Waals surface area contributed by atoms with Crippen LogP contribution in [0.4, 0.5) is 0 Å². The predicted molar refractivity (Wildman–Crippen MR) is 76.3 cm³/mol. The van der Waals surface area contributed by atoms with Crippen LogP contribution in [0.1, 0.15) is 5.56 Å². The second-order valence-corrected chi connectivity index (χ2v) is 7.06. The van der Waals surface area contributed by atoms with Crippen molar-refractivity contribution in [1.82, 2.24) is 15.4 Å². The number of aromatic amines is 1. The van der Waals surface area contributed by atoms with Gasteiger partial charge in [-0.2, -0.15) is 10.3 Å². The summed E-state index contributed by atoms with van der Waals surface area (Å²) in [4.78, 5) is 0.995. The van der Waals surface area contributed by atoms with Crippen molar-refractivity contribution in [2.75, 3.05) is 0 Å². The summed E-state index contributed by atoms with van der Waals surface area (Å²) in [6.07, 6.45) is 0. The fraction of sp³-hybridized carbons (Fsp3) is 0.0769. The second-order valence-electron chi connectivity index (χ2n) is 4.28. The van der Waals surface area contributed by atoms with E-state index in [1.807, 2.05) is 18.4 Å². The number of nitrogens with zero attached hydrogens (tertiary/aromatic N) is 2. The number of hydrogen-bond acceptors (Lipinski definition) is 5. The van der Waals surface area contributed by atoms with E-state index in [0.29, 0.717) is 5.69 Å². The minimum Gasteiger partial charge on any atom is -0.217 e. The number of aryl methyl sites for hydroxylation is 1. The van der Waals surface area contributed by atoms with Crippen molar-refractivity contribution < 1.29 is 8.42 Å². The van der Waals surface area contributed by atoms with Gasteiger partial charge in [-0.05, 0) is 36.1 Å². The first-order chi connectivity index (χ1) is 9.59. The zero-order valence-corrected chi connectivity index (χ0v) is 12.2. The predicted octanol–water partition coefficient (Wildman–Crippen LogP) is 2.67. The third-order valence-electron chi connectivity index (χ3n) is 2.79. The Hall–Kier alpha value is -1.99. The van der Waals surface area contributed by atoms with Gasteiger partial charge in [0.05, 0.1) is 9.77 Å². The molecule has 0 aliphatic rings. The van der Waals surface area contributed by atoms with Crippen LogP contribution in [0.2, 0.25) is 0 Å². The number of rotatable bonds is 3. The molecule has 1 N–H and O–H groups in total. The average molecular weight is 305 g/mol. The summed E-state index contributed by atoms with van der Waals surface area (Å²) < 4.78 is 25.2. The highest BCUT2D eigenvalue weighted by atomic mass is 32.2. The lowest BCUT2D eigenvalue weighted by Crippen LogP contribution is -2.03. The normalized spacial score (nSPS) is 11.7. The first-order valence-electron chi connectivity index (χ1n) is 5.85. The van der Waals surface area contributed by atoms with Gasteiger partial charge < -0.3 is 0 Å². The number of thiophene rings is 1. The van der Waals surface area contributed by atoms with Gasteiger partial charge >= 0.3 is 0 Å². The van der Waals surface area contributed by atoms with E-state index in [-0.39, 0.29) is 9.92 Å². The molecule has 1 aromatic carbocycles. The molecule has 3 aromatic rings. The molecular weight excluding hydrogens is 294 g/mol. The van der Waals surface area contributed by atoms with Crippen LogP contribution in [0.25, 0.3) is 10.6 Å². The van der Waals surface area contributed by atoms with Crippen LogP contribution in [0.5, 0.6) is 0 Å². The van der Waals surface area contributed by atoms with Gasteiger partial charge in [0.25, 0.3) is 0 Å². The molecule has 5 nitrogen and oxygen atoms in total. The molecule has 102 valence electrons. The van der Waals surface area contributed by atoms with Gasteiger partial charge in [-0.1, -0.05) is 18.2 Å². The molecule has 0 atom stereocenters. The van der Waals surface area contributed by atoms with Crippen molar-refractivity contribution in [1.29, 1.82) is 0 Å². The minimum absolute atomic E-state index is 0.0365. The summed E-state index contributed by atoms with van der Waals surface area (Å²) in [5.41, 5.74) is 1.43. The second kappa shape index (κ2) is 4.84. The molecule has 0 radical (unpaired) electrons. The van der Waals surface area contributed by atoms with Crippen LogP contribution in [-0.2, 0) is 9.84 Å². The number of aromatic nitrogens is 3. The molecule has 0 aliphatic carbocycles. The number of hydrogen-bond donors (Lipinski definition) is 1. The van der Waals surface area contributed by atoms with E-state index in [2.05, 4.69) is 15.4 Å². The molecule has 2 aromatic heterocycles. The van der Waals surface area contributed by atoms with Crippen molar-refractivity contribution in [2.24, 2.45) is 0 Å². The van der Waals surface area contributed by atoms with Gasteiger partial charge in [-0.3, -0.25) is 0 Å². The fourth-order valence-electron chi connectivity index (χ4n) is 1.84. The molecule has 0 fully saturated rings. The summed E-state index contributed by atoms with van der Waals surface area (Å²) in [6.45, 7) is 1.95. The van der Waals surface area contributed by atoms with Crippen LogP contribution in [0.15, 0.2) is 51.7 Å². The molecule has 0 unspecified atom stereocenters. The SMILES string of the molecule is Cc1csc(-c2n[nH]nc2S(=O)(=O)c2ccccc2)c1. The van der Waals surface area contributed by atoms with Gasteiger partial charge in [0.15, 0.2) is 0 Å². The fourth-order valence-corrected chi connectivity index (χ4v) is 4.10. The number of benzene rings is 1. The Kier molecular flexibility index (Phi) is 3.15. The van der Waals surface area contributed by atoms with Crippen LogP contribution in [0.3, 0.4) is 0 Å². The lowest BCUT2D eigenvalue weighted by molar-refractivity contribution is 0.592. The zero-order valence-electron chi connectivity index (χ0n) is 10.6. The third kappa shape index (κ3) is 2.14. The summed E-state index contributed by atoms with van der Waals surface area (Å²) in [7, 11) is -3.66. The van der Waals surface area contributed by atoms with Gasteiger partial charge in [0, 0.05) is 0 Å². The Labute approximate surface area is 120 Å². The van der Waals surface area contributed by atoms with Gasteiger partial charge in [-0.25, -0.2) is 8.42 Å². The summed E-state index contributed by atoms with van der Waals surface area (Å²) in [5, 5.41) is 12.1. The van der Waals surface area contributed by atoms with E-state index < -0.39 is 9.84 Å². The Morgan fingerprint density at radius 1 is 1.15 bits per heavy atom. The van der Waals surface area contributed by atoms with E-state index in [1.54, 1.807) is 30.3 Å². The summed E-state index contributed by atoms with van der Waals surface area (Å²) >= 11 is 1.45. The van der Waals surface area contributed by atoms with Crippen molar-refractivity contribution in [3.8, 4) is 10.6 Å². The van der Waals surface area contributed by atoms with Crippen LogP contribution in [0, 0.1) is 6.92 Å². The van der Waals surface area contributed by atoms with Gasteiger partial charge in [-0.15, -0.1) is 16.4 Å². The Morgan fingerprint density at radius 3 is 2.55 bits per heavy atom. The molecule has 0 aliphatic heterocycles. The maximum atomic E-state index is 12.6. The Balaban J connectivity index is 2.15. The number of sulfone groups is 1. The lowest BCUT2D eigenvalue weighted by Gasteiger charge is -2.01. The van der Waals surface area contributed by atoms with Gasteiger partial charge in [0.1, 0.15) is 5.69 Å². The van der Waals surface area contributed by atoms with E-state index >= 15 is 0 Å². The topological polar surface area (TPSA) is 75.7 Å². The molecular formula is C13H11N3O2S2. The highest BCUT2D eigenvalue weighted by Gasteiger charge is 2.26. The smallest absolute Gasteiger partial charge is 0.217 e. The molecule has 2 heterocycles. The van der Waals surface area contributed by atoms with Crippen LogP contribution in [-0.4, -0.2) is 23.8 Å². The van der Waals surface area contributed by atoms with E-state index in [9.17, 15) is 8.42 Å². The molecule has 3 rings (SSSR count). The summed E-state index contributed by atoms with van der Waals surface area (Å²) in [6, 6.07) is 10.1. The minimum atomic E-state index is -3.66. The van der Waals surface area contributed by atoms with Gasteiger partial charge in [0.2, 0.25) is 14.9 Å². The maximum absolute atomic E-state index is 12.6. The Morgan fingerprint density at radius 2 is 1.90 bits per heavy atom. The zero-order chi connectivity index (χ0) is 14.2. The molecule has 0 saturated heterocycles. The quantitative estimate of drug-likeness (QED) is 0.807. The van der Waals surface area contributed by atoms with Crippen LogP contribution < -0.4 is 0 Å². The lowest BCUT2D eigenvalue weighted by atomic mass is 10.3. The third-order valence-corrected chi connectivity index (χ3v) is 5.53. The molecule has 0 amide bonds. The standard InChI is InChI=1S/C13H11N3O2S2/c1-9-7-11(19-8-9)12-13(15-16-14-12)20(17,18)10-5-3-2-4-6-10/h2-8H,1H3,(H,14,15,16).